The molecule has 0 radical (unpaired) electrons. The van der Waals surface area contributed by atoms with E-state index < -0.39 is 42.7 Å². The predicted molar refractivity (Wildman–Crippen MR) is 103 cm³/mol. The first-order chi connectivity index (χ1) is 14.0. The molecule has 1 aliphatic rings. The zero-order valence-electron chi connectivity index (χ0n) is 16.2. The number of aromatic nitrogens is 2. The van der Waals surface area contributed by atoms with Gasteiger partial charge in [0, 0.05) is 6.20 Å². The smallest absolute Gasteiger partial charge is 0.412 e. The number of unbranched alkanes of at least 4 members (excludes halogenated alkanes) is 2. The molecule has 0 spiro atoms. The van der Waals surface area contributed by atoms with Gasteiger partial charge in [0.2, 0.25) is 0 Å². The van der Waals surface area contributed by atoms with E-state index >= 15 is 0 Å². The molecule has 2 rings (SSSR count). The molecule has 1 fully saturated rings. The van der Waals surface area contributed by atoms with E-state index in [2.05, 4.69) is 17.2 Å². The zero-order chi connectivity index (χ0) is 21.2. The fraction of sp³-hybridized carbons (Fsp3) is 0.579. The van der Waals surface area contributed by atoms with Crippen LogP contribution in [0, 0.1) is 17.2 Å². The average molecular weight is 406 g/mol. The first-order valence-corrected chi connectivity index (χ1v) is 9.53. The molecule has 0 aliphatic carbocycles. The summed E-state index contributed by atoms with van der Waals surface area (Å²) in [6.07, 6.45) is 5.09. The highest BCUT2D eigenvalue weighted by Crippen LogP contribution is 2.33. The van der Waals surface area contributed by atoms with Gasteiger partial charge in [0.05, 0.1) is 19.3 Å². The Balaban J connectivity index is 1.91. The Bertz CT molecular complexity index is 803. The molecular formula is C19H26N4O6. The van der Waals surface area contributed by atoms with Crippen molar-refractivity contribution in [3.8, 4) is 6.07 Å². The molecule has 0 aromatic carbocycles. The summed E-state index contributed by atoms with van der Waals surface area (Å²) in [5.41, 5.74) is -0.780. The number of hydrogen-bond donors (Lipinski definition) is 3. The first-order valence-electron chi connectivity index (χ1n) is 9.53. The Morgan fingerprint density at radius 2 is 2.24 bits per heavy atom. The van der Waals surface area contributed by atoms with Gasteiger partial charge in [-0.15, -0.1) is 0 Å². The van der Waals surface area contributed by atoms with E-state index in [1.54, 1.807) is 0 Å². The molecule has 10 nitrogen and oxygen atoms in total. The van der Waals surface area contributed by atoms with Gasteiger partial charge in [-0.3, -0.25) is 9.88 Å². The topological polar surface area (TPSA) is 147 Å². The second-order valence-electron chi connectivity index (χ2n) is 6.56. The van der Waals surface area contributed by atoms with Crippen molar-refractivity contribution in [2.24, 2.45) is 5.92 Å². The van der Waals surface area contributed by atoms with Gasteiger partial charge in [-0.2, -0.15) is 10.2 Å². The molecule has 158 valence electrons. The van der Waals surface area contributed by atoms with Crippen molar-refractivity contribution in [3.05, 3.63) is 34.9 Å². The van der Waals surface area contributed by atoms with Gasteiger partial charge in [-0.05, 0) is 18.9 Å². The number of rotatable bonds is 9. The van der Waals surface area contributed by atoms with Crippen molar-refractivity contribution in [3.63, 3.8) is 0 Å². The molecular weight excluding hydrogens is 380 g/mol. The Kier molecular flexibility index (Phi) is 8.79. The highest BCUT2D eigenvalue weighted by molar-refractivity contribution is 5.83. The molecule has 0 unspecified atom stereocenters. The summed E-state index contributed by atoms with van der Waals surface area (Å²) in [6, 6.07) is 3.23. The highest BCUT2D eigenvalue weighted by Gasteiger charge is 2.45. The SMILES string of the molecule is CCCC/C=C/CCOC(=O)Nc1ccn([C@@H]2O[C@H](CO)[C@@H](O)[C@@H]2C#N)c(=O)n1. The number of carbonyl (C=O) groups excluding carboxylic acids is 1. The fourth-order valence-electron chi connectivity index (χ4n) is 2.87. The number of anilines is 1. The minimum absolute atomic E-state index is 0.0134. The van der Waals surface area contributed by atoms with E-state index in [9.17, 15) is 25.1 Å². The van der Waals surface area contributed by atoms with Gasteiger partial charge in [0.15, 0.2) is 6.23 Å². The molecule has 0 bridgehead atoms. The van der Waals surface area contributed by atoms with Crippen molar-refractivity contribution >= 4 is 11.9 Å². The van der Waals surface area contributed by atoms with Crippen LogP contribution in [0.4, 0.5) is 10.6 Å². The minimum atomic E-state index is -1.23. The molecule has 0 saturated carbocycles. The van der Waals surface area contributed by atoms with Gasteiger partial charge < -0.3 is 19.7 Å². The lowest BCUT2D eigenvalue weighted by molar-refractivity contribution is -0.0469. The highest BCUT2D eigenvalue weighted by atomic mass is 16.6. The number of hydrogen-bond acceptors (Lipinski definition) is 8. The van der Waals surface area contributed by atoms with E-state index in [1.807, 2.05) is 18.2 Å². The number of amides is 1. The van der Waals surface area contributed by atoms with Gasteiger partial charge in [-0.25, -0.2) is 9.59 Å². The van der Waals surface area contributed by atoms with Crippen LogP contribution in [0.3, 0.4) is 0 Å². The Morgan fingerprint density at radius 1 is 1.48 bits per heavy atom. The number of aliphatic hydroxyl groups excluding tert-OH is 2. The summed E-state index contributed by atoms with van der Waals surface area (Å²) < 4.78 is 11.4. The van der Waals surface area contributed by atoms with Crippen LogP contribution in [0.25, 0.3) is 0 Å². The molecule has 1 aliphatic heterocycles. The van der Waals surface area contributed by atoms with Crippen LogP contribution < -0.4 is 11.0 Å². The molecule has 29 heavy (non-hydrogen) atoms. The maximum absolute atomic E-state index is 12.3. The lowest BCUT2D eigenvalue weighted by Crippen LogP contribution is -2.32. The average Bonchev–Trinajstić information content (AvgIpc) is 3.02. The minimum Gasteiger partial charge on any atom is -0.449 e. The molecule has 1 aromatic rings. The van der Waals surface area contributed by atoms with Crippen molar-refractivity contribution in [1.82, 2.24) is 9.55 Å². The van der Waals surface area contributed by atoms with Crippen LogP contribution in [0.2, 0.25) is 0 Å². The van der Waals surface area contributed by atoms with Gasteiger partial charge in [0.25, 0.3) is 0 Å². The van der Waals surface area contributed by atoms with Crippen LogP contribution in [0.15, 0.2) is 29.2 Å². The summed E-state index contributed by atoms with van der Waals surface area (Å²) in [5.74, 6) is -1.05. The summed E-state index contributed by atoms with van der Waals surface area (Å²) in [4.78, 5) is 27.8. The lowest BCUT2D eigenvalue weighted by atomic mass is 10.0. The van der Waals surface area contributed by atoms with E-state index in [0.29, 0.717) is 6.42 Å². The lowest BCUT2D eigenvalue weighted by Gasteiger charge is -2.16. The van der Waals surface area contributed by atoms with E-state index in [-0.39, 0.29) is 12.4 Å². The van der Waals surface area contributed by atoms with Crippen LogP contribution in [-0.4, -0.2) is 51.3 Å². The van der Waals surface area contributed by atoms with Gasteiger partial charge >= 0.3 is 11.8 Å². The zero-order valence-corrected chi connectivity index (χ0v) is 16.2. The Morgan fingerprint density at radius 3 is 2.90 bits per heavy atom. The van der Waals surface area contributed by atoms with E-state index in [4.69, 9.17) is 9.47 Å². The van der Waals surface area contributed by atoms with Crippen molar-refractivity contribution < 1.29 is 24.5 Å². The van der Waals surface area contributed by atoms with Crippen molar-refractivity contribution in [1.29, 1.82) is 5.26 Å². The quantitative estimate of drug-likeness (QED) is 0.411. The Hall–Kier alpha value is -2.74. The number of nitriles is 1. The van der Waals surface area contributed by atoms with Crippen LogP contribution >= 0.6 is 0 Å². The summed E-state index contributed by atoms with van der Waals surface area (Å²) >= 11 is 0. The molecule has 1 amide bonds. The predicted octanol–water partition coefficient (Wildman–Crippen LogP) is 1.32. The number of nitrogens with one attached hydrogen (secondary N) is 1. The second kappa shape index (κ2) is 11.3. The maximum Gasteiger partial charge on any atom is 0.412 e. The number of allylic oxidation sites excluding steroid dienone is 1. The molecule has 10 heteroatoms. The van der Waals surface area contributed by atoms with Crippen LogP contribution in [-0.2, 0) is 9.47 Å². The molecule has 1 saturated heterocycles. The largest absolute Gasteiger partial charge is 0.449 e. The third kappa shape index (κ3) is 6.12. The normalized spacial score (nSPS) is 23.8. The van der Waals surface area contributed by atoms with Crippen molar-refractivity contribution in [2.45, 2.75) is 51.0 Å². The van der Waals surface area contributed by atoms with Gasteiger partial charge in [-0.1, -0.05) is 31.9 Å². The van der Waals surface area contributed by atoms with Crippen LogP contribution in [0.1, 0.15) is 38.8 Å². The third-order valence-corrected chi connectivity index (χ3v) is 4.44. The monoisotopic (exact) mass is 406 g/mol. The van der Waals surface area contributed by atoms with E-state index in [1.165, 1.54) is 12.3 Å². The Labute approximate surface area is 168 Å². The molecule has 1 aromatic heterocycles. The first kappa shape index (κ1) is 22.5. The maximum atomic E-state index is 12.3. The number of nitrogens with zero attached hydrogens (tertiary/aromatic N) is 3. The van der Waals surface area contributed by atoms with Crippen molar-refractivity contribution in [2.75, 3.05) is 18.5 Å². The van der Waals surface area contributed by atoms with Gasteiger partial charge in [0.1, 0.15) is 23.9 Å². The molecule has 4 atom stereocenters. The number of carbonyl (C=O) groups is 1. The standard InChI is InChI=1S/C19H26N4O6/c1-2-3-4-5-6-7-10-28-19(27)22-15-8-9-23(18(26)21-15)17-13(11-20)16(25)14(12-24)29-17/h5-6,8-9,13-14,16-17,24-25H,2-4,7,10,12H2,1H3,(H,21,22,26,27)/b6-5+/t13-,14+,16-,17+/m0/s1. The summed E-state index contributed by atoms with van der Waals surface area (Å²) in [7, 11) is 0. The second-order valence-corrected chi connectivity index (χ2v) is 6.56. The summed E-state index contributed by atoms with van der Waals surface area (Å²) in [5, 5.41) is 30.8. The summed E-state index contributed by atoms with van der Waals surface area (Å²) in [6.45, 7) is 1.83. The van der Waals surface area contributed by atoms with E-state index in [0.717, 1.165) is 23.8 Å². The number of aliphatic hydroxyl groups is 2. The molecule has 3 N–H and O–H groups in total. The van der Waals surface area contributed by atoms with Crippen LogP contribution in [0.5, 0.6) is 0 Å². The fourth-order valence-corrected chi connectivity index (χ4v) is 2.87. The third-order valence-electron chi connectivity index (χ3n) is 4.44. The number of ether oxygens (including phenoxy) is 2. The molecule has 2 heterocycles.